The molecule has 21 heavy (non-hydrogen) atoms. The summed E-state index contributed by atoms with van der Waals surface area (Å²) in [7, 11) is 0. The molecule has 1 amide bonds. The van der Waals surface area contributed by atoms with Crippen LogP contribution in [0.5, 0.6) is 0 Å². The first-order chi connectivity index (χ1) is 9.99. The van der Waals surface area contributed by atoms with Crippen molar-refractivity contribution >= 4 is 11.9 Å². The van der Waals surface area contributed by atoms with Crippen molar-refractivity contribution in [2.45, 2.75) is 58.0 Å². The molecule has 5 heteroatoms. The van der Waals surface area contributed by atoms with E-state index in [9.17, 15) is 14.7 Å². The highest BCUT2D eigenvalue weighted by atomic mass is 16.4. The average molecular weight is 291 g/mol. The van der Waals surface area contributed by atoms with E-state index in [0.717, 1.165) is 31.2 Å². The number of carbonyl (C=O) groups is 2. The summed E-state index contributed by atoms with van der Waals surface area (Å²) in [5, 5.41) is 9.48. The van der Waals surface area contributed by atoms with E-state index in [2.05, 4.69) is 0 Å². The van der Waals surface area contributed by atoms with Gasteiger partial charge in [0.15, 0.2) is 5.76 Å². The zero-order valence-electron chi connectivity index (χ0n) is 12.5. The van der Waals surface area contributed by atoms with Crippen LogP contribution in [-0.4, -0.2) is 34.0 Å². The van der Waals surface area contributed by atoms with Gasteiger partial charge in [0.2, 0.25) is 0 Å². The fourth-order valence-corrected chi connectivity index (χ4v) is 3.94. The minimum Gasteiger partial charge on any atom is -0.480 e. The highest BCUT2D eigenvalue weighted by Gasteiger charge is 2.48. The largest absolute Gasteiger partial charge is 0.480 e. The average Bonchev–Trinajstić information content (AvgIpc) is 2.98. The first-order valence-electron chi connectivity index (χ1n) is 7.61. The van der Waals surface area contributed by atoms with Gasteiger partial charge < -0.3 is 14.4 Å². The van der Waals surface area contributed by atoms with E-state index in [4.69, 9.17) is 4.42 Å². The van der Waals surface area contributed by atoms with E-state index in [1.54, 1.807) is 11.8 Å². The molecule has 1 aliphatic heterocycles. The standard InChI is InChI=1S/C16H21NO4/c1-9-7-10(2)21-14(9)15(18)17-12-6-4-3-5-11(12)8-13(17)16(19)20/h7,11-13H,3-6,8H2,1-2H3,(H,19,20)/t11-,12+,13+/m1/s1. The summed E-state index contributed by atoms with van der Waals surface area (Å²) in [6.07, 6.45) is 4.69. The number of likely N-dealkylation sites (tertiary alicyclic amines) is 1. The normalized spacial score (nSPS) is 28.5. The lowest BCUT2D eigenvalue weighted by Crippen LogP contribution is -2.46. The molecule has 0 bridgehead atoms. The molecule has 1 saturated heterocycles. The zero-order valence-corrected chi connectivity index (χ0v) is 12.5. The molecule has 1 aliphatic carbocycles. The number of aliphatic carboxylic acids is 1. The molecule has 1 N–H and O–H groups in total. The molecular formula is C16H21NO4. The van der Waals surface area contributed by atoms with E-state index < -0.39 is 12.0 Å². The Morgan fingerprint density at radius 2 is 2.00 bits per heavy atom. The molecule has 2 aliphatic rings. The number of aryl methyl sites for hydroxylation is 2. The second kappa shape index (κ2) is 5.20. The Balaban J connectivity index is 1.94. The minimum atomic E-state index is -0.904. The van der Waals surface area contributed by atoms with Crippen molar-refractivity contribution in [2.24, 2.45) is 5.92 Å². The molecule has 2 heterocycles. The lowest BCUT2D eigenvalue weighted by molar-refractivity contribution is -0.141. The van der Waals surface area contributed by atoms with Crippen molar-refractivity contribution < 1.29 is 19.1 Å². The molecule has 3 rings (SSSR count). The first-order valence-corrected chi connectivity index (χ1v) is 7.61. The number of carboxylic acids is 1. The van der Waals surface area contributed by atoms with Gasteiger partial charge in [-0.15, -0.1) is 0 Å². The second-order valence-corrected chi connectivity index (χ2v) is 6.28. The fourth-order valence-electron chi connectivity index (χ4n) is 3.94. The summed E-state index contributed by atoms with van der Waals surface area (Å²) >= 11 is 0. The van der Waals surface area contributed by atoms with Crippen LogP contribution < -0.4 is 0 Å². The van der Waals surface area contributed by atoms with Crippen LogP contribution >= 0.6 is 0 Å². The number of rotatable bonds is 2. The van der Waals surface area contributed by atoms with Crippen molar-refractivity contribution in [1.29, 1.82) is 0 Å². The van der Waals surface area contributed by atoms with Gasteiger partial charge in [-0.1, -0.05) is 12.8 Å². The summed E-state index contributed by atoms with van der Waals surface area (Å²) in [6, 6.07) is 1.16. The number of fused-ring (bicyclic) bond motifs is 1. The quantitative estimate of drug-likeness (QED) is 0.909. The van der Waals surface area contributed by atoms with Gasteiger partial charge in [0, 0.05) is 11.6 Å². The van der Waals surface area contributed by atoms with Crippen LogP contribution in [0.4, 0.5) is 0 Å². The van der Waals surface area contributed by atoms with Gasteiger partial charge in [0.05, 0.1) is 0 Å². The van der Waals surface area contributed by atoms with Gasteiger partial charge in [-0.25, -0.2) is 4.79 Å². The highest BCUT2D eigenvalue weighted by Crippen LogP contribution is 2.40. The summed E-state index contributed by atoms with van der Waals surface area (Å²) in [5.74, 6) is 0.133. The highest BCUT2D eigenvalue weighted by molar-refractivity contribution is 5.96. The molecule has 0 unspecified atom stereocenters. The van der Waals surface area contributed by atoms with Crippen LogP contribution in [0.3, 0.4) is 0 Å². The number of furan rings is 1. The summed E-state index contributed by atoms with van der Waals surface area (Å²) in [4.78, 5) is 26.0. The first kappa shape index (κ1) is 14.2. The van der Waals surface area contributed by atoms with Crippen LogP contribution in [0.25, 0.3) is 0 Å². The van der Waals surface area contributed by atoms with Gasteiger partial charge in [-0.05, 0) is 45.1 Å². The van der Waals surface area contributed by atoms with Crippen molar-refractivity contribution in [3.05, 3.63) is 23.2 Å². The smallest absolute Gasteiger partial charge is 0.326 e. The molecule has 2 fully saturated rings. The molecule has 1 aromatic rings. The summed E-state index contributed by atoms with van der Waals surface area (Å²) in [5.41, 5.74) is 0.779. The van der Waals surface area contributed by atoms with Gasteiger partial charge >= 0.3 is 5.97 Å². The second-order valence-electron chi connectivity index (χ2n) is 6.28. The third kappa shape index (κ3) is 2.34. The van der Waals surface area contributed by atoms with E-state index in [-0.39, 0.29) is 11.9 Å². The Labute approximate surface area is 123 Å². The minimum absolute atomic E-state index is 0.0529. The maximum Gasteiger partial charge on any atom is 0.326 e. The number of hydrogen-bond donors (Lipinski definition) is 1. The van der Waals surface area contributed by atoms with Gasteiger partial charge in [-0.3, -0.25) is 4.79 Å². The maximum atomic E-state index is 12.8. The predicted octanol–water partition coefficient (Wildman–Crippen LogP) is 2.75. The number of amides is 1. The molecular weight excluding hydrogens is 270 g/mol. The Kier molecular flexibility index (Phi) is 3.51. The van der Waals surface area contributed by atoms with Crippen molar-refractivity contribution in [2.75, 3.05) is 0 Å². The molecule has 1 saturated carbocycles. The molecule has 3 atom stereocenters. The van der Waals surface area contributed by atoms with E-state index in [1.807, 2.05) is 13.0 Å². The van der Waals surface area contributed by atoms with Crippen LogP contribution in [0.1, 0.15) is 54.0 Å². The fraction of sp³-hybridized carbons (Fsp3) is 0.625. The van der Waals surface area contributed by atoms with E-state index in [0.29, 0.717) is 23.9 Å². The monoisotopic (exact) mass is 291 g/mol. The Morgan fingerprint density at radius 3 is 2.62 bits per heavy atom. The number of nitrogens with zero attached hydrogens (tertiary/aromatic N) is 1. The molecule has 5 nitrogen and oxygen atoms in total. The van der Waals surface area contributed by atoms with E-state index >= 15 is 0 Å². The molecule has 0 spiro atoms. The van der Waals surface area contributed by atoms with E-state index in [1.165, 1.54) is 0 Å². The number of carboxylic acid groups (broad SMARTS) is 1. The van der Waals surface area contributed by atoms with Gasteiger partial charge in [0.25, 0.3) is 5.91 Å². The van der Waals surface area contributed by atoms with Crippen LogP contribution in [0, 0.1) is 19.8 Å². The third-order valence-corrected chi connectivity index (χ3v) is 4.84. The van der Waals surface area contributed by atoms with Crippen LogP contribution in [0.15, 0.2) is 10.5 Å². The summed E-state index contributed by atoms with van der Waals surface area (Å²) < 4.78 is 5.51. The van der Waals surface area contributed by atoms with Crippen molar-refractivity contribution in [1.82, 2.24) is 4.90 Å². The lowest BCUT2D eigenvalue weighted by Gasteiger charge is -2.32. The van der Waals surface area contributed by atoms with Crippen LogP contribution in [-0.2, 0) is 4.79 Å². The van der Waals surface area contributed by atoms with Gasteiger partial charge in [-0.2, -0.15) is 0 Å². The van der Waals surface area contributed by atoms with Crippen molar-refractivity contribution in [3.63, 3.8) is 0 Å². The maximum absolute atomic E-state index is 12.8. The van der Waals surface area contributed by atoms with Crippen molar-refractivity contribution in [3.8, 4) is 0 Å². The number of carbonyl (C=O) groups excluding carboxylic acids is 1. The predicted molar refractivity (Wildman–Crippen MR) is 76.1 cm³/mol. The Morgan fingerprint density at radius 1 is 1.29 bits per heavy atom. The molecule has 0 radical (unpaired) electrons. The Bertz CT molecular complexity index is 577. The lowest BCUT2D eigenvalue weighted by atomic mass is 9.84. The van der Waals surface area contributed by atoms with Crippen LogP contribution in [0.2, 0.25) is 0 Å². The summed E-state index contributed by atoms with van der Waals surface area (Å²) in [6.45, 7) is 3.62. The SMILES string of the molecule is Cc1cc(C)c(C(=O)N2[C@H](C(=O)O)C[C@H]3CCCC[C@@H]32)o1. The topological polar surface area (TPSA) is 70.8 Å². The molecule has 114 valence electrons. The molecule has 0 aromatic carbocycles. The number of hydrogen-bond acceptors (Lipinski definition) is 3. The van der Waals surface area contributed by atoms with Gasteiger partial charge in [0.1, 0.15) is 11.8 Å². The third-order valence-electron chi connectivity index (χ3n) is 4.84. The Hall–Kier alpha value is -1.78. The molecule has 1 aromatic heterocycles. The zero-order chi connectivity index (χ0) is 15.1.